The maximum atomic E-state index is 13.1. The number of aromatic nitrogens is 4. The fourth-order valence-electron chi connectivity index (χ4n) is 5.99. The van der Waals surface area contributed by atoms with Crippen LogP contribution < -0.4 is 18.6 Å². The molecule has 16 heteroatoms. The summed E-state index contributed by atoms with van der Waals surface area (Å²) in [6.07, 6.45) is 1.48. The zero-order valence-corrected chi connectivity index (χ0v) is 38.0. The van der Waals surface area contributed by atoms with Crippen LogP contribution in [0.15, 0.2) is 61.1 Å². The lowest BCUT2D eigenvalue weighted by molar-refractivity contribution is -0.145. The number of nitrogens with zero attached hydrogens (tertiary/aromatic N) is 4. The molecule has 2 N–H and O–H groups in total. The van der Waals surface area contributed by atoms with Gasteiger partial charge in [-0.3, -0.25) is 0 Å². The smallest absolute Gasteiger partial charge is 0.345 e. The van der Waals surface area contributed by atoms with E-state index in [1.165, 1.54) is 17.7 Å². The van der Waals surface area contributed by atoms with Gasteiger partial charge in [-0.25, -0.2) is 24.7 Å². The lowest BCUT2D eigenvalue weighted by atomic mass is 9.95. The van der Waals surface area contributed by atoms with Gasteiger partial charge in [0.15, 0.2) is 11.6 Å². The number of benzene rings is 3. The molecule has 1 atom stereocenters. The molecule has 0 bridgehead atoms. The first kappa shape index (κ1) is 42.4. The van der Waals surface area contributed by atoms with Crippen molar-refractivity contribution in [3.8, 4) is 51.4 Å². The van der Waals surface area contributed by atoms with Crippen LogP contribution in [0.25, 0.3) is 32.7 Å². The number of carboxylic acids is 1. The van der Waals surface area contributed by atoms with Crippen LogP contribution in [0.2, 0.25) is 28.2 Å². The second-order valence-electron chi connectivity index (χ2n) is 14.9. The number of hydrogen-bond acceptors (Lipinski definition) is 11. The van der Waals surface area contributed by atoms with Crippen molar-refractivity contribution in [2.75, 3.05) is 7.11 Å². The number of phenols is 1. The van der Waals surface area contributed by atoms with E-state index in [-0.39, 0.29) is 39.7 Å². The van der Waals surface area contributed by atoms with Gasteiger partial charge >= 0.3 is 5.97 Å². The topological polar surface area (TPSA) is 146 Å². The predicted octanol–water partition coefficient (Wildman–Crippen LogP) is 11.1. The molecule has 0 aliphatic heterocycles. The van der Waals surface area contributed by atoms with Gasteiger partial charge in [0.25, 0.3) is 0 Å². The van der Waals surface area contributed by atoms with Gasteiger partial charge in [-0.1, -0.05) is 56.1 Å². The van der Waals surface area contributed by atoms with Gasteiger partial charge < -0.3 is 28.8 Å². The number of aromatic hydroxyl groups is 1. The number of hydrogen-bond donors (Lipinski definition) is 2. The van der Waals surface area contributed by atoms with E-state index in [1.54, 1.807) is 39.3 Å². The third-order valence-electron chi connectivity index (χ3n) is 10.1. The number of halogens is 3. The van der Waals surface area contributed by atoms with Crippen molar-refractivity contribution in [1.82, 2.24) is 19.9 Å². The third kappa shape index (κ3) is 8.79. The van der Waals surface area contributed by atoms with Crippen LogP contribution in [-0.4, -0.2) is 57.6 Å². The molecule has 298 valence electrons. The van der Waals surface area contributed by atoms with Crippen LogP contribution in [-0.2, 0) is 17.8 Å². The maximum Gasteiger partial charge on any atom is 0.345 e. The van der Waals surface area contributed by atoms with Crippen LogP contribution >= 0.6 is 57.1 Å². The van der Waals surface area contributed by atoms with E-state index in [0.29, 0.717) is 66.8 Å². The zero-order valence-electron chi connectivity index (χ0n) is 32.5. The molecule has 11 nitrogen and oxygen atoms in total. The summed E-state index contributed by atoms with van der Waals surface area (Å²) in [5.41, 5.74) is 4.43. The van der Waals surface area contributed by atoms with Crippen molar-refractivity contribution in [2.45, 2.75) is 71.9 Å². The minimum Gasteiger partial charge on any atom is -0.543 e. The summed E-state index contributed by atoms with van der Waals surface area (Å²) in [6.45, 7) is 14.4. The molecule has 0 amide bonds. The van der Waals surface area contributed by atoms with Crippen LogP contribution in [0.5, 0.6) is 28.9 Å². The Hall–Kier alpha value is -4.22. The molecule has 0 radical (unpaired) electrons. The van der Waals surface area contributed by atoms with Crippen molar-refractivity contribution in [3.05, 3.63) is 96.4 Å². The van der Waals surface area contributed by atoms with E-state index in [9.17, 15) is 15.0 Å². The number of rotatable bonds is 13. The van der Waals surface area contributed by atoms with Gasteiger partial charge in [0.1, 0.15) is 35.0 Å². The molecule has 0 saturated carbocycles. The molecule has 57 heavy (non-hydrogen) atoms. The SMILES string of the molecule is COc1ccccc1-c1nccc(COc2ccc(O[Si](C)(C)C(C)(C)C)cc2C[C@@H](Oc2ncnc3sc(I)c(-c4c(C)c(Cl)c(O)c(Cl)c4C)c23)C(=O)O)n1. The number of thiophene rings is 1. The van der Waals surface area contributed by atoms with E-state index in [0.717, 1.165) is 8.45 Å². The van der Waals surface area contributed by atoms with Gasteiger partial charge in [0.05, 0.1) is 36.7 Å². The molecule has 0 saturated heterocycles. The molecular formula is C41H41Cl2IN4O7SSi. The van der Waals surface area contributed by atoms with Gasteiger partial charge in [-0.05, 0) is 108 Å². The highest BCUT2D eigenvalue weighted by molar-refractivity contribution is 14.1. The zero-order chi connectivity index (χ0) is 41.4. The van der Waals surface area contributed by atoms with Gasteiger partial charge in [-0.15, -0.1) is 11.3 Å². The average molecular weight is 960 g/mol. The second kappa shape index (κ2) is 16.9. The van der Waals surface area contributed by atoms with Gasteiger partial charge in [0.2, 0.25) is 20.3 Å². The summed E-state index contributed by atoms with van der Waals surface area (Å²) in [7, 11) is -0.687. The fourth-order valence-corrected chi connectivity index (χ4v) is 9.47. The highest BCUT2D eigenvalue weighted by Gasteiger charge is 2.39. The Kier molecular flexibility index (Phi) is 12.6. The van der Waals surface area contributed by atoms with Crippen LogP contribution in [0.3, 0.4) is 0 Å². The molecule has 0 unspecified atom stereocenters. The molecule has 3 aromatic carbocycles. The summed E-state index contributed by atoms with van der Waals surface area (Å²) in [5.74, 6) is 0.799. The normalized spacial score (nSPS) is 12.4. The van der Waals surface area contributed by atoms with Crippen molar-refractivity contribution in [2.24, 2.45) is 0 Å². The van der Waals surface area contributed by atoms with Crippen LogP contribution in [0.1, 0.15) is 43.2 Å². The Morgan fingerprint density at radius 2 is 1.68 bits per heavy atom. The molecule has 0 aliphatic carbocycles. The van der Waals surface area contributed by atoms with E-state index < -0.39 is 20.4 Å². The summed E-state index contributed by atoms with van der Waals surface area (Å²) < 4.78 is 25.7. The van der Waals surface area contributed by atoms with Crippen molar-refractivity contribution >= 4 is 81.6 Å². The lowest BCUT2D eigenvalue weighted by Crippen LogP contribution is -2.43. The summed E-state index contributed by atoms with van der Waals surface area (Å²) >= 11 is 16.7. The van der Waals surface area contributed by atoms with Crippen LogP contribution in [0, 0.1) is 16.7 Å². The standard InChI is InChI=1S/C41H41Cl2IN4O7SSi/c1-21-30(22(2)34(43)35(49)33(21)42)31-32-38(46-20-47-39(32)56-36(31)44)54-29(40(50)51)18-23-17-25(55-57(7,8)41(3,4)5)13-14-27(23)53-19-24-15-16-45-37(48-24)26-11-9-10-12-28(26)52-6/h9-17,20,29,49H,18-19H2,1-8H3,(H,50,51)/t29-/m1/s1. The first-order chi connectivity index (χ1) is 26.9. The predicted molar refractivity (Wildman–Crippen MR) is 235 cm³/mol. The Morgan fingerprint density at radius 1 is 0.982 bits per heavy atom. The number of phenolic OH excluding ortho intramolecular Hbond substituents is 1. The summed E-state index contributed by atoms with van der Waals surface area (Å²) in [6, 6.07) is 14.7. The average Bonchev–Trinajstić information content (AvgIpc) is 3.51. The van der Waals surface area contributed by atoms with Gasteiger partial charge in [0, 0.05) is 23.7 Å². The number of ether oxygens (including phenoxy) is 3. The quantitative estimate of drug-likeness (QED) is 0.0842. The minimum atomic E-state index is -2.28. The molecule has 0 spiro atoms. The molecule has 6 rings (SSSR count). The largest absolute Gasteiger partial charge is 0.543 e. The number of carbonyl (C=O) groups is 1. The Bertz CT molecular complexity index is 2470. The monoisotopic (exact) mass is 958 g/mol. The Labute approximate surface area is 359 Å². The minimum absolute atomic E-state index is 0.0678. The second-order valence-corrected chi connectivity index (χ2v) is 23.1. The summed E-state index contributed by atoms with van der Waals surface area (Å²) in [5, 5.41) is 21.9. The first-order valence-electron chi connectivity index (χ1n) is 17.8. The highest BCUT2D eigenvalue weighted by Crippen LogP contribution is 2.50. The highest BCUT2D eigenvalue weighted by atomic mass is 127. The Morgan fingerprint density at radius 3 is 2.35 bits per heavy atom. The molecule has 3 heterocycles. The number of methoxy groups -OCH3 is 1. The molecular weight excluding hydrogens is 918 g/mol. The maximum absolute atomic E-state index is 13.1. The van der Waals surface area contributed by atoms with Crippen LogP contribution in [0.4, 0.5) is 0 Å². The number of fused-ring (bicyclic) bond motifs is 1. The summed E-state index contributed by atoms with van der Waals surface area (Å²) in [4.78, 5) is 31.8. The molecule has 3 aromatic heterocycles. The van der Waals surface area contributed by atoms with E-state index in [1.807, 2.05) is 36.4 Å². The first-order valence-corrected chi connectivity index (χ1v) is 23.4. The van der Waals surface area contributed by atoms with Crippen molar-refractivity contribution in [3.63, 3.8) is 0 Å². The van der Waals surface area contributed by atoms with Gasteiger partial charge in [-0.2, -0.15) is 0 Å². The number of carboxylic acid groups (broad SMARTS) is 1. The van der Waals surface area contributed by atoms with Crippen molar-refractivity contribution < 1.29 is 33.6 Å². The van der Waals surface area contributed by atoms with E-state index in [2.05, 4.69) is 71.4 Å². The number of para-hydroxylation sites is 1. The third-order valence-corrected chi connectivity index (χ3v) is 17.4. The molecule has 0 aliphatic rings. The van der Waals surface area contributed by atoms with E-state index in [4.69, 9.17) is 46.8 Å². The van der Waals surface area contributed by atoms with E-state index >= 15 is 0 Å². The van der Waals surface area contributed by atoms with Crippen molar-refractivity contribution in [1.29, 1.82) is 0 Å². The molecule has 0 fully saturated rings. The lowest BCUT2D eigenvalue weighted by Gasteiger charge is -2.36. The fraction of sp³-hybridized carbons (Fsp3) is 0.293. The molecule has 6 aromatic rings. The Balaban J connectivity index is 1.38. The number of aliphatic carboxylic acids is 1.